The predicted octanol–water partition coefficient (Wildman–Crippen LogP) is 0.711. The summed E-state index contributed by atoms with van der Waals surface area (Å²) < 4.78 is 1.40. The van der Waals surface area contributed by atoms with Crippen LogP contribution in [0.25, 0.3) is 16.7 Å². The van der Waals surface area contributed by atoms with Crippen molar-refractivity contribution in [3.63, 3.8) is 0 Å². The minimum Gasteiger partial charge on any atom is -0.273 e. The van der Waals surface area contributed by atoms with E-state index in [4.69, 9.17) is 0 Å². The molecule has 0 aliphatic heterocycles. The summed E-state index contributed by atoms with van der Waals surface area (Å²) >= 11 is 0. The Morgan fingerprint density at radius 1 is 1.22 bits per heavy atom. The average Bonchev–Trinajstić information content (AvgIpc) is 2.82. The maximum absolute atomic E-state index is 11.9. The Hall–Kier alpha value is -2.63. The summed E-state index contributed by atoms with van der Waals surface area (Å²) in [6.45, 7) is 1.91. The molecule has 2 aromatic heterocycles. The van der Waals surface area contributed by atoms with E-state index in [0.717, 1.165) is 5.56 Å². The lowest BCUT2D eigenvalue weighted by Crippen LogP contribution is -2.29. The summed E-state index contributed by atoms with van der Waals surface area (Å²) in [4.78, 5) is 26.0. The van der Waals surface area contributed by atoms with Gasteiger partial charge in [0.2, 0.25) is 0 Å². The van der Waals surface area contributed by atoms with Crippen molar-refractivity contribution in [2.45, 2.75) is 6.92 Å². The third-order valence-corrected chi connectivity index (χ3v) is 2.79. The Morgan fingerprint density at radius 3 is 2.78 bits per heavy atom. The van der Waals surface area contributed by atoms with E-state index in [1.165, 1.54) is 4.57 Å². The monoisotopic (exact) mass is 242 g/mol. The Labute approximate surface area is 101 Å². The van der Waals surface area contributed by atoms with Gasteiger partial charge in [-0.15, -0.1) is 0 Å². The van der Waals surface area contributed by atoms with Crippen molar-refractivity contribution in [1.82, 2.24) is 19.7 Å². The van der Waals surface area contributed by atoms with Crippen LogP contribution in [0.3, 0.4) is 0 Å². The van der Waals surface area contributed by atoms with Crippen LogP contribution in [0.2, 0.25) is 0 Å². The van der Waals surface area contributed by atoms with E-state index in [9.17, 15) is 9.59 Å². The molecular formula is C12H10N4O2. The average molecular weight is 242 g/mol. The van der Waals surface area contributed by atoms with Crippen molar-refractivity contribution >= 4 is 10.9 Å². The molecule has 0 saturated carbocycles. The van der Waals surface area contributed by atoms with Crippen LogP contribution >= 0.6 is 0 Å². The lowest BCUT2D eigenvalue weighted by molar-refractivity contribution is 0.894. The standard InChI is InChI=1S/C12H10N4O2/c1-7-2-3-8-9(6-7)16(10-4-5-13-15-10)12(18)14-11(8)17/h2-6H,1H3,(H,13,15)(H,14,17,18). The van der Waals surface area contributed by atoms with E-state index in [-0.39, 0.29) is 5.56 Å². The van der Waals surface area contributed by atoms with Gasteiger partial charge in [0, 0.05) is 6.07 Å². The highest BCUT2D eigenvalue weighted by Crippen LogP contribution is 2.13. The number of benzene rings is 1. The number of aromatic nitrogens is 4. The molecule has 6 nitrogen and oxygen atoms in total. The summed E-state index contributed by atoms with van der Waals surface area (Å²) in [5.74, 6) is 0.520. The zero-order valence-corrected chi connectivity index (χ0v) is 9.60. The van der Waals surface area contributed by atoms with Crippen LogP contribution in [0.4, 0.5) is 0 Å². The number of hydrogen-bond donors (Lipinski definition) is 2. The van der Waals surface area contributed by atoms with Crippen molar-refractivity contribution in [3.05, 3.63) is 56.9 Å². The first-order valence-corrected chi connectivity index (χ1v) is 5.42. The second kappa shape index (κ2) is 3.69. The van der Waals surface area contributed by atoms with Crippen molar-refractivity contribution in [3.8, 4) is 5.82 Å². The van der Waals surface area contributed by atoms with E-state index in [0.29, 0.717) is 16.7 Å². The molecule has 3 aromatic rings. The first kappa shape index (κ1) is 10.5. The maximum Gasteiger partial charge on any atom is 0.334 e. The molecule has 0 spiro atoms. The minimum atomic E-state index is -0.484. The Balaban J connectivity index is 2.55. The fourth-order valence-electron chi connectivity index (χ4n) is 1.96. The van der Waals surface area contributed by atoms with Gasteiger partial charge in [-0.1, -0.05) is 6.07 Å². The molecule has 18 heavy (non-hydrogen) atoms. The highest BCUT2D eigenvalue weighted by atomic mass is 16.2. The largest absolute Gasteiger partial charge is 0.334 e. The molecule has 0 atom stereocenters. The Morgan fingerprint density at radius 2 is 2.06 bits per heavy atom. The Kier molecular flexibility index (Phi) is 2.16. The summed E-state index contributed by atoms with van der Waals surface area (Å²) in [5, 5.41) is 7.00. The molecule has 6 heteroatoms. The highest BCUT2D eigenvalue weighted by molar-refractivity contribution is 5.79. The topological polar surface area (TPSA) is 83.5 Å². The first-order valence-electron chi connectivity index (χ1n) is 5.42. The molecule has 90 valence electrons. The second-order valence-electron chi connectivity index (χ2n) is 4.06. The molecule has 0 aliphatic carbocycles. The number of H-pyrrole nitrogens is 2. The molecule has 0 unspecified atom stereocenters. The van der Waals surface area contributed by atoms with E-state index in [1.54, 1.807) is 24.4 Å². The number of fused-ring (bicyclic) bond motifs is 1. The Bertz CT molecular complexity index is 827. The van der Waals surface area contributed by atoms with Crippen LogP contribution in [-0.2, 0) is 0 Å². The SMILES string of the molecule is Cc1ccc2c(=O)[nH]c(=O)n(-c3ccn[nH]3)c2c1. The molecule has 2 N–H and O–H groups in total. The molecule has 0 radical (unpaired) electrons. The smallest absolute Gasteiger partial charge is 0.273 e. The van der Waals surface area contributed by atoms with Crippen LogP contribution in [0.15, 0.2) is 40.1 Å². The van der Waals surface area contributed by atoms with Crippen molar-refractivity contribution in [2.24, 2.45) is 0 Å². The zero-order valence-electron chi connectivity index (χ0n) is 9.60. The summed E-state index contributed by atoms with van der Waals surface area (Å²) in [7, 11) is 0. The number of nitrogens with one attached hydrogen (secondary N) is 2. The summed E-state index contributed by atoms with van der Waals surface area (Å²) in [5.41, 5.74) is 0.668. The molecular weight excluding hydrogens is 232 g/mol. The van der Waals surface area contributed by atoms with Crippen LogP contribution in [0, 0.1) is 6.92 Å². The van der Waals surface area contributed by atoms with Gasteiger partial charge in [-0.05, 0) is 24.6 Å². The van der Waals surface area contributed by atoms with Crippen molar-refractivity contribution in [1.29, 1.82) is 0 Å². The third-order valence-electron chi connectivity index (χ3n) is 2.79. The quantitative estimate of drug-likeness (QED) is 0.659. The van der Waals surface area contributed by atoms with Crippen LogP contribution in [0.5, 0.6) is 0 Å². The maximum atomic E-state index is 11.9. The lowest BCUT2D eigenvalue weighted by atomic mass is 10.2. The number of rotatable bonds is 1. The van der Waals surface area contributed by atoms with E-state index in [1.807, 2.05) is 13.0 Å². The van der Waals surface area contributed by atoms with Crippen molar-refractivity contribution < 1.29 is 0 Å². The van der Waals surface area contributed by atoms with E-state index < -0.39 is 5.69 Å². The highest BCUT2D eigenvalue weighted by Gasteiger charge is 2.09. The molecule has 0 bridgehead atoms. The van der Waals surface area contributed by atoms with Gasteiger partial charge >= 0.3 is 5.69 Å². The fraction of sp³-hybridized carbons (Fsp3) is 0.0833. The number of hydrogen-bond acceptors (Lipinski definition) is 3. The molecule has 0 saturated heterocycles. The number of aryl methyl sites for hydroxylation is 1. The van der Waals surface area contributed by atoms with Crippen LogP contribution < -0.4 is 11.2 Å². The summed E-state index contributed by atoms with van der Waals surface area (Å²) in [6, 6.07) is 7.00. The van der Waals surface area contributed by atoms with E-state index in [2.05, 4.69) is 15.2 Å². The molecule has 3 rings (SSSR count). The van der Waals surface area contributed by atoms with Gasteiger partial charge < -0.3 is 0 Å². The van der Waals surface area contributed by atoms with Crippen LogP contribution in [0.1, 0.15) is 5.56 Å². The van der Waals surface area contributed by atoms with Gasteiger partial charge in [-0.25, -0.2) is 9.36 Å². The summed E-state index contributed by atoms with van der Waals surface area (Å²) in [6.07, 6.45) is 1.55. The first-order chi connectivity index (χ1) is 8.66. The lowest BCUT2D eigenvalue weighted by Gasteiger charge is -2.07. The minimum absolute atomic E-state index is 0.384. The molecule has 0 amide bonds. The fourth-order valence-corrected chi connectivity index (χ4v) is 1.96. The number of nitrogens with zero attached hydrogens (tertiary/aromatic N) is 2. The van der Waals surface area contributed by atoms with E-state index >= 15 is 0 Å². The molecule has 0 fully saturated rings. The predicted molar refractivity (Wildman–Crippen MR) is 67.0 cm³/mol. The molecule has 1 aromatic carbocycles. The van der Waals surface area contributed by atoms with Gasteiger partial charge in [0.25, 0.3) is 5.56 Å². The van der Waals surface area contributed by atoms with Crippen LogP contribution in [-0.4, -0.2) is 19.7 Å². The van der Waals surface area contributed by atoms with Gasteiger partial charge in [-0.3, -0.25) is 14.9 Å². The molecule has 0 aliphatic rings. The van der Waals surface area contributed by atoms with Gasteiger partial charge in [0.1, 0.15) is 5.82 Å². The van der Waals surface area contributed by atoms with Gasteiger partial charge in [-0.2, -0.15) is 5.10 Å². The normalized spacial score (nSPS) is 10.9. The third kappa shape index (κ3) is 1.46. The zero-order chi connectivity index (χ0) is 12.7. The van der Waals surface area contributed by atoms with Gasteiger partial charge in [0.15, 0.2) is 0 Å². The van der Waals surface area contributed by atoms with Gasteiger partial charge in [0.05, 0.1) is 17.1 Å². The van der Waals surface area contributed by atoms with Crippen molar-refractivity contribution in [2.75, 3.05) is 0 Å². The second-order valence-corrected chi connectivity index (χ2v) is 4.06. The molecule has 2 heterocycles. The number of aromatic amines is 2.